The molecule has 1 heterocycles. The number of thioether (sulfide) groups is 1. The lowest BCUT2D eigenvalue weighted by atomic mass is 10.3. The number of amides is 1. The van der Waals surface area contributed by atoms with Crippen LogP contribution in [-0.2, 0) is 0 Å². The van der Waals surface area contributed by atoms with Crippen LogP contribution in [0.3, 0.4) is 0 Å². The summed E-state index contributed by atoms with van der Waals surface area (Å²) in [5, 5.41) is 4.09. The molecule has 3 N–H and O–H groups in total. The molecule has 1 amide bonds. The van der Waals surface area contributed by atoms with Crippen molar-refractivity contribution in [3.63, 3.8) is 0 Å². The molecule has 21 heavy (non-hydrogen) atoms. The standard InChI is InChI=1S/C15H25N3OS2/c1-4-8-17-14(19)12-11(16)13(20-3)15(21-12)18(5-2)9-10-6-7-10/h10H,4-9,16H2,1-3H3,(H,17,19). The van der Waals surface area contributed by atoms with Crippen LogP contribution >= 0.6 is 23.1 Å². The molecule has 1 aromatic heterocycles. The monoisotopic (exact) mass is 327 g/mol. The van der Waals surface area contributed by atoms with Crippen molar-refractivity contribution in [3.05, 3.63) is 4.88 Å². The molecule has 1 fully saturated rings. The van der Waals surface area contributed by atoms with Crippen LogP contribution in [-0.4, -0.2) is 31.8 Å². The van der Waals surface area contributed by atoms with E-state index in [1.807, 2.05) is 13.2 Å². The molecule has 1 aromatic rings. The molecular weight excluding hydrogens is 302 g/mol. The molecule has 0 spiro atoms. The van der Waals surface area contributed by atoms with E-state index in [1.54, 1.807) is 11.8 Å². The molecule has 2 rings (SSSR count). The average molecular weight is 328 g/mol. The van der Waals surface area contributed by atoms with E-state index in [9.17, 15) is 4.79 Å². The average Bonchev–Trinajstić information content (AvgIpc) is 3.24. The fourth-order valence-electron chi connectivity index (χ4n) is 2.28. The Morgan fingerprint density at radius 1 is 1.48 bits per heavy atom. The van der Waals surface area contributed by atoms with E-state index in [0.29, 0.717) is 17.1 Å². The zero-order chi connectivity index (χ0) is 15.4. The van der Waals surface area contributed by atoms with Gasteiger partial charge in [-0.15, -0.1) is 23.1 Å². The minimum atomic E-state index is -0.0385. The highest BCUT2D eigenvalue weighted by Gasteiger charge is 2.28. The first-order chi connectivity index (χ1) is 10.1. The number of nitrogens with one attached hydrogen (secondary N) is 1. The van der Waals surface area contributed by atoms with Crippen molar-refractivity contribution in [1.82, 2.24) is 5.32 Å². The van der Waals surface area contributed by atoms with Crippen LogP contribution < -0.4 is 16.0 Å². The SMILES string of the molecule is CCCNC(=O)c1sc(N(CC)CC2CC2)c(SC)c1N. The first-order valence-electron chi connectivity index (χ1n) is 7.61. The number of anilines is 2. The van der Waals surface area contributed by atoms with E-state index in [1.165, 1.54) is 24.2 Å². The van der Waals surface area contributed by atoms with E-state index >= 15 is 0 Å². The zero-order valence-corrected chi connectivity index (χ0v) is 14.7. The van der Waals surface area contributed by atoms with Crippen LogP contribution in [0.15, 0.2) is 4.90 Å². The van der Waals surface area contributed by atoms with Crippen LogP contribution in [0.4, 0.5) is 10.7 Å². The number of rotatable bonds is 8. The fourth-order valence-corrected chi connectivity index (χ4v) is 4.45. The van der Waals surface area contributed by atoms with Gasteiger partial charge in [-0.2, -0.15) is 0 Å². The molecule has 1 saturated carbocycles. The minimum absolute atomic E-state index is 0.0385. The van der Waals surface area contributed by atoms with Gasteiger partial charge in [0.1, 0.15) is 9.88 Å². The molecule has 0 radical (unpaired) electrons. The summed E-state index contributed by atoms with van der Waals surface area (Å²) in [5.41, 5.74) is 6.87. The molecule has 118 valence electrons. The number of hydrogen-bond donors (Lipinski definition) is 2. The Labute approximate surface area is 135 Å². The van der Waals surface area contributed by atoms with Gasteiger partial charge in [0, 0.05) is 19.6 Å². The molecule has 1 aliphatic rings. The van der Waals surface area contributed by atoms with Crippen molar-refractivity contribution >= 4 is 39.7 Å². The first-order valence-corrected chi connectivity index (χ1v) is 9.65. The third-order valence-corrected chi connectivity index (χ3v) is 5.89. The van der Waals surface area contributed by atoms with E-state index < -0.39 is 0 Å². The highest BCUT2D eigenvalue weighted by molar-refractivity contribution is 7.99. The molecule has 1 aliphatic carbocycles. The first kappa shape index (κ1) is 16.5. The summed E-state index contributed by atoms with van der Waals surface area (Å²) in [5.74, 6) is 0.781. The van der Waals surface area contributed by atoms with Crippen LogP contribution in [0.1, 0.15) is 42.8 Å². The van der Waals surface area contributed by atoms with Crippen LogP contribution in [0.5, 0.6) is 0 Å². The van der Waals surface area contributed by atoms with Gasteiger partial charge in [-0.05, 0) is 38.4 Å². The minimum Gasteiger partial charge on any atom is -0.396 e. The van der Waals surface area contributed by atoms with Gasteiger partial charge in [0.05, 0.1) is 10.6 Å². The van der Waals surface area contributed by atoms with E-state index in [0.717, 1.165) is 35.3 Å². The highest BCUT2D eigenvalue weighted by Crippen LogP contribution is 2.45. The lowest BCUT2D eigenvalue weighted by Crippen LogP contribution is -2.24. The number of nitrogens with zero attached hydrogens (tertiary/aromatic N) is 1. The number of carbonyl (C=O) groups is 1. The lowest BCUT2D eigenvalue weighted by Gasteiger charge is -2.22. The summed E-state index contributed by atoms with van der Waals surface area (Å²) in [6.45, 7) is 6.95. The summed E-state index contributed by atoms with van der Waals surface area (Å²) in [6.07, 6.45) is 5.62. The zero-order valence-electron chi connectivity index (χ0n) is 13.1. The van der Waals surface area contributed by atoms with Gasteiger partial charge in [-0.1, -0.05) is 6.92 Å². The Bertz CT molecular complexity index is 497. The summed E-state index contributed by atoms with van der Waals surface area (Å²) in [6, 6.07) is 0. The molecular formula is C15H25N3OS2. The van der Waals surface area contributed by atoms with Crippen molar-refractivity contribution < 1.29 is 4.79 Å². The van der Waals surface area contributed by atoms with Crippen LogP contribution in [0.25, 0.3) is 0 Å². The molecule has 0 bridgehead atoms. The predicted molar refractivity (Wildman–Crippen MR) is 93.7 cm³/mol. The number of nitrogen functional groups attached to an aromatic ring is 1. The Hall–Kier alpha value is -0.880. The molecule has 0 unspecified atom stereocenters. The quantitative estimate of drug-likeness (QED) is 0.718. The van der Waals surface area contributed by atoms with Gasteiger partial charge < -0.3 is 16.0 Å². The van der Waals surface area contributed by atoms with Crippen LogP contribution in [0.2, 0.25) is 0 Å². The van der Waals surface area contributed by atoms with Gasteiger partial charge in [0.25, 0.3) is 5.91 Å². The second-order valence-electron chi connectivity index (χ2n) is 5.42. The Kier molecular flexibility index (Phi) is 5.81. The number of nitrogens with two attached hydrogens (primary N) is 1. The lowest BCUT2D eigenvalue weighted by molar-refractivity contribution is 0.0958. The Balaban J connectivity index is 2.25. The van der Waals surface area contributed by atoms with Gasteiger partial charge >= 0.3 is 0 Å². The number of hydrogen-bond acceptors (Lipinski definition) is 5. The van der Waals surface area contributed by atoms with E-state index in [2.05, 4.69) is 17.1 Å². The van der Waals surface area contributed by atoms with Crippen molar-refractivity contribution in [1.29, 1.82) is 0 Å². The van der Waals surface area contributed by atoms with E-state index in [-0.39, 0.29) is 5.91 Å². The van der Waals surface area contributed by atoms with Crippen molar-refractivity contribution in [2.75, 3.05) is 36.5 Å². The van der Waals surface area contributed by atoms with Crippen molar-refractivity contribution in [2.45, 2.75) is 38.0 Å². The number of thiophene rings is 1. The van der Waals surface area contributed by atoms with Gasteiger partial charge in [-0.3, -0.25) is 4.79 Å². The van der Waals surface area contributed by atoms with Gasteiger partial charge in [-0.25, -0.2) is 0 Å². The maximum atomic E-state index is 12.2. The largest absolute Gasteiger partial charge is 0.396 e. The highest BCUT2D eigenvalue weighted by atomic mass is 32.2. The fraction of sp³-hybridized carbons (Fsp3) is 0.667. The molecule has 4 nitrogen and oxygen atoms in total. The summed E-state index contributed by atoms with van der Waals surface area (Å²) < 4.78 is 0. The van der Waals surface area contributed by atoms with E-state index in [4.69, 9.17) is 5.73 Å². The normalized spacial score (nSPS) is 14.2. The topological polar surface area (TPSA) is 58.4 Å². The molecule has 0 aromatic carbocycles. The second kappa shape index (κ2) is 7.40. The second-order valence-corrected chi connectivity index (χ2v) is 7.24. The smallest absolute Gasteiger partial charge is 0.263 e. The molecule has 0 atom stereocenters. The summed E-state index contributed by atoms with van der Waals surface area (Å²) >= 11 is 3.18. The predicted octanol–water partition coefficient (Wildman–Crippen LogP) is 3.43. The van der Waals surface area contributed by atoms with Gasteiger partial charge in [0.2, 0.25) is 0 Å². The van der Waals surface area contributed by atoms with Gasteiger partial charge in [0.15, 0.2) is 0 Å². The number of carbonyl (C=O) groups excluding carboxylic acids is 1. The summed E-state index contributed by atoms with van der Waals surface area (Å²) in [7, 11) is 0. The molecule has 0 aliphatic heterocycles. The maximum absolute atomic E-state index is 12.2. The Morgan fingerprint density at radius 2 is 2.19 bits per heavy atom. The third-order valence-electron chi connectivity index (χ3n) is 3.67. The molecule has 0 saturated heterocycles. The Morgan fingerprint density at radius 3 is 2.71 bits per heavy atom. The van der Waals surface area contributed by atoms with Crippen molar-refractivity contribution in [2.24, 2.45) is 5.92 Å². The van der Waals surface area contributed by atoms with Crippen LogP contribution in [0, 0.1) is 5.92 Å². The maximum Gasteiger partial charge on any atom is 0.263 e. The van der Waals surface area contributed by atoms with Crippen molar-refractivity contribution in [3.8, 4) is 0 Å². The summed E-state index contributed by atoms with van der Waals surface area (Å²) in [4.78, 5) is 16.3. The third kappa shape index (κ3) is 3.86. The molecule has 6 heteroatoms.